The molecular formula is C35H30N2O9S2. The third-order valence-corrected chi connectivity index (χ3v) is 9.62. The van der Waals surface area contributed by atoms with Crippen molar-refractivity contribution in [3.05, 3.63) is 127 Å². The fourth-order valence-corrected chi connectivity index (χ4v) is 6.57. The topological polar surface area (TPSA) is 148 Å². The van der Waals surface area contributed by atoms with Gasteiger partial charge >= 0.3 is 23.2 Å². The van der Waals surface area contributed by atoms with Crippen LogP contribution >= 0.6 is 22.7 Å². The molecule has 1 N–H and O–H groups in total. The molecule has 6 rings (SSSR count). The van der Waals surface area contributed by atoms with E-state index >= 15 is 0 Å². The van der Waals surface area contributed by atoms with Gasteiger partial charge in [-0.25, -0.2) is 19.2 Å². The van der Waals surface area contributed by atoms with Gasteiger partial charge in [0.15, 0.2) is 11.2 Å². The van der Waals surface area contributed by atoms with E-state index in [1.165, 1.54) is 57.9 Å². The molecule has 0 saturated carbocycles. The highest BCUT2D eigenvalue weighted by Crippen LogP contribution is 2.33. The lowest BCUT2D eigenvalue weighted by molar-refractivity contribution is 0.0595. The highest BCUT2D eigenvalue weighted by Gasteiger charge is 2.20. The number of carboxylic acids is 1. The number of thiophene rings is 2. The fraction of sp³-hybridized carbons (Fsp3) is 0.171. The molecule has 2 aromatic carbocycles. The van der Waals surface area contributed by atoms with E-state index in [0.29, 0.717) is 37.7 Å². The van der Waals surface area contributed by atoms with E-state index in [2.05, 4.69) is 29.0 Å². The molecule has 0 aliphatic carbocycles. The van der Waals surface area contributed by atoms with Gasteiger partial charge in [-0.2, -0.15) is 0 Å². The number of aromatic carboxylic acids is 1. The van der Waals surface area contributed by atoms with Crippen LogP contribution in [0.4, 0.5) is 10.0 Å². The van der Waals surface area contributed by atoms with Crippen LogP contribution in [-0.2, 0) is 11.3 Å². The number of carbonyl (C=O) groups is 3. The molecule has 0 aliphatic heterocycles. The Morgan fingerprint density at radius 3 is 1.81 bits per heavy atom. The monoisotopic (exact) mass is 686 g/mol. The SMILES string of the molecule is COC(=O)c1cc2sc(N(C)C(=O)c3ccc(C)cc3)cc2oc1=O.Cc1ccc(CN(C)c2cc3oc(=O)c(C(=O)O)cc3s2)cc1. The number of carbonyl (C=O) groups excluding carboxylic acids is 2. The summed E-state index contributed by atoms with van der Waals surface area (Å²) in [7, 11) is 4.78. The molecule has 13 heteroatoms. The third-order valence-electron chi connectivity index (χ3n) is 7.31. The Morgan fingerprint density at radius 1 is 0.750 bits per heavy atom. The first-order valence-corrected chi connectivity index (χ1v) is 16.1. The zero-order chi connectivity index (χ0) is 34.7. The number of anilines is 2. The van der Waals surface area contributed by atoms with Gasteiger partial charge in [-0.05, 0) is 43.7 Å². The van der Waals surface area contributed by atoms with Gasteiger partial charge in [-0.1, -0.05) is 47.5 Å². The number of amides is 1. The van der Waals surface area contributed by atoms with Crippen LogP contribution in [0.5, 0.6) is 0 Å². The van der Waals surface area contributed by atoms with Gasteiger partial charge in [-0.3, -0.25) is 4.79 Å². The second-order valence-corrected chi connectivity index (χ2v) is 13.0. The highest BCUT2D eigenvalue weighted by atomic mass is 32.1. The Labute approximate surface area is 281 Å². The number of hydrogen-bond donors (Lipinski definition) is 1. The van der Waals surface area contributed by atoms with Crippen LogP contribution in [0.1, 0.15) is 47.8 Å². The van der Waals surface area contributed by atoms with Crippen molar-refractivity contribution < 1.29 is 33.1 Å². The maximum atomic E-state index is 12.6. The molecule has 0 spiro atoms. The minimum Gasteiger partial charge on any atom is -0.477 e. The summed E-state index contributed by atoms with van der Waals surface area (Å²) in [6.07, 6.45) is 0. The summed E-state index contributed by atoms with van der Waals surface area (Å²) >= 11 is 2.64. The number of esters is 1. The molecule has 4 aromatic heterocycles. The second kappa shape index (κ2) is 14.1. The van der Waals surface area contributed by atoms with Crippen molar-refractivity contribution in [2.45, 2.75) is 20.4 Å². The number of ether oxygens (including phenoxy) is 1. The van der Waals surface area contributed by atoms with Crippen molar-refractivity contribution >= 4 is 71.1 Å². The minimum atomic E-state index is -1.27. The summed E-state index contributed by atoms with van der Waals surface area (Å²) in [5.41, 5.74) is 2.64. The molecule has 246 valence electrons. The molecule has 0 unspecified atom stereocenters. The Morgan fingerprint density at radius 2 is 1.25 bits per heavy atom. The van der Waals surface area contributed by atoms with Gasteiger partial charge in [0.1, 0.15) is 16.1 Å². The molecule has 0 saturated heterocycles. The number of benzene rings is 2. The Hall–Kier alpha value is -5.53. The van der Waals surface area contributed by atoms with Gasteiger partial charge in [0, 0.05) is 38.3 Å². The minimum absolute atomic E-state index is 0.170. The third kappa shape index (κ3) is 7.37. The van der Waals surface area contributed by atoms with Crippen molar-refractivity contribution in [3.8, 4) is 0 Å². The van der Waals surface area contributed by atoms with E-state index in [0.717, 1.165) is 10.6 Å². The summed E-state index contributed by atoms with van der Waals surface area (Å²) in [4.78, 5) is 62.2. The van der Waals surface area contributed by atoms with E-state index in [-0.39, 0.29) is 17.0 Å². The Bertz CT molecular complexity index is 2260. The predicted octanol–water partition coefficient (Wildman–Crippen LogP) is 6.72. The average Bonchev–Trinajstić information content (AvgIpc) is 3.68. The van der Waals surface area contributed by atoms with Gasteiger partial charge in [0.05, 0.1) is 21.5 Å². The number of nitrogens with zero attached hydrogens (tertiary/aromatic N) is 2. The van der Waals surface area contributed by atoms with Crippen LogP contribution in [-0.4, -0.2) is 44.2 Å². The van der Waals surface area contributed by atoms with Crippen LogP contribution in [0.3, 0.4) is 0 Å². The van der Waals surface area contributed by atoms with Gasteiger partial charge in [0.25, 0.3) is 5.91 Å². The number of aryl methyl sites for hydroxylation is 2. The molecule has 11 nitrogen and oxygen atoms in total. The lowest BCUT2D eigenvalue weighted by Crippen LogP contribution is -2.25. The Balaban J connectivity index is 0.000000188. The normalized spacial score (nSPS) is 10.8. The van der Waals surface area contributed by atoms with Gasteiger partial charge in [-0.15, -0.1) is 22.7 Å². The van der Waals surface area contributed by atoms with E-state index in [1.807, 2.05) is 37.9 Å². The van der Waals surface area contributed by atoms with Crippen molar-refractivity contribution in [2.75, 3.05) is 31.0 Å². The number of fused-ring (bicyclic) bond motifs is 2. The van der Waals surface area contributed by atoms with Crippen LogP contribution in [0.2, 0.25) is 0 Å². The number of hydrogen-bond acceptors (Lipinski definition) is 11. The zero-order valence-electron chi connectivity index (χ0n) is 26.6. The van der Waals surface area contributed by atoms with Crippen LogP contribution in [0.25, 0.3) is 20.6 Å². The van der Waals surface area contributed by atoms with Gasteiger partial charge in [0.2, 0.25) is 0 Å². The van der Waals surface area contributed by atoms with Crippen molar-refractivity contribution in [1.29, 1.82) is 0 Å². The highest BCUT2D eigenvalue weighted by molar-refractivity contribution is 7.23. The lowest BCUT2D eigenvalue weighted by atomic mass is 10.1. The van der Waals surface area contributed by atoms with Crippen molar-refractivity contribution in [1.82, 2.24) is 0 Å². The molecule has 0 fully saturated rings. The predicted molar refractivity (Wildman–Crippen MR) is 186 cm³/mol. The standard InChI is InChI=1S/C18H15NO5S.C17H15NO4S/c1-10-4-6-11(7-5-10)16(20)19(2)15-9-13-14(25-15)8-12(17(21)23-3)18(22)24-13;1-10-3-5-11(6-4-10)9-18(2)15-8-13-14(23-15)7-12(16(19)20)17(21)22-13/h4-9H,1-3H3;3-8H,9H2,1-2H3,(H,19,20). The molecule has 0 bridgehead atoms. The molecule has 1 amide bonds. The van der Waals surface area contributed by atoms with Crippen molar-refractivity contribution in [2.24, 2.45) is 0 Å². The maximum Gasteiger partial charge on any atom is 0.351 e. The maximum absolute atomic E-state index is 12.6. The summed E-state index contributed by atoms with van der Waals surface area (Å²) in [5, 5.41) is 10.5. The fourth-order valence-electron chi connectivity index (χ4n) is 4.59. The quantitative estimate of drug-likeness (QED) is 0.179. The van der Waals surface area contributed by atoms with E-state index in [4.69, 9.17) is 13.9 Å². The van der Waals surface area contributed by atoms with Crippen LogP contribution < -0.4 is 21.1 Å². The van der Waals surface area contributed by atoms with E-state index in [1.54, 1.807) is 31.3 Å². The summed E-state index contributed by atoms with van der Waals surface area (Å²) < 4.78 is 16.1. The Kier molecular flexibility index (Phi) is 9.92. The first kappa shape index (κ1) is 33.8. The molecule has 6 aromatic rings. The lowest BCUT2D eigenvalue weighted by Gasteiger charge is -2.16. The summed E-state index contributed by atoms with van der Waals surface area (Å²) in [6, 6.07) is 21.7. The van der Waals surface area contributed by atoms with Crippen LogP contribution in [0.15, 0.2) is 91.2 Å². The molecule has 0 atom stereocenters. The molecule has 0 aliphatic rings. The molecule has 0 radical (unpaired) electrons. The first-order valence-electron chi connectivity index (χ1n) is 14.4. The molecular weight excluding hydrogens is 657 g/mol. The summed E-state index contributed by atoms with van der Waals surface area (Å²) in [5.74, 6) is -2.21. The average molecular weight is 687 g/mol. The van der Waals surface area contributed by atoms with E-state index < -0.39 is 23.2 Å². The smallest absolute Gasteiger partial charge is 0.351 e. The van der Waals surface area contributed by atoms with E-state index in [9.17, 15) is 24.0 Å². The second-order valence-electron chi connectivity index (χ2n) is 10.9. The van der Waals surface area contributed by atoms with Crippen LogP contribution in [0, 0.1) is 13.8 Å². The first-order chi connectivity index (χ1) is 22.8. The molecule has 48 heavy (non-hydrogen) atoms. The zero-order valence-corrected chi connectivity index (χ0v) is 28.2. The number of carboxylic acid groups (broad SMARTS) is 1. The molecule has 4 heterocycles. The summed E-state index contributed by atoms with van der Waals surface area (Å²) in [6.45, 7) is 4.70. The number of methoxy groups -OCH3 is 1. The van der Waals surface area contributed by atoms with Gasteiger partial charge < -0.3 is 28.5 Å². The number of rotatable bonds is 7. The van der Waals surface area contributed by atoms with Crippen molar-refractivity contribution in [3.63, 3.8) is 0 Å². The largest absolute Gasteiger partial charge is 0.477 e.